The van der Waals surface area contributed by atoms with Crippen LogP contribution >= 0.6 is 0 Å². The molecule has 0 rings (SSSR count). The van der Waals surface area contributed by atoms with Gasteiger partial charge in [-0.2, -0.15) is 0 Å². The molecule has 0 aliphatic rings. The van der Waals surface area contributed by atoms with Gasteiger partial charge in [0.2, 0.25) is 0 Å². The highest BCUT2D eigenvalue weighted by Crippen LogP contribution is 2.10. The third-order valence-electron chi connectivity index (χ3n) is 3.74. The van der Waals surface area contributed by atoms with Crippen LogP contribution < -0.4 is 0 Å². The van der Waals surface area contributed by atoms with Crippen molar-refractivity contribution in [3.05, 3.63) is 12.2 Å². The first-order chi connectivity index (χ1) is 9.81. The molecule has 0 fully saturated rings. The van der Waals surface area contributed by atoms with Crippen LogP contribution in [0.25, 0.3) is 0 Å². The fraction of sp³-hybridized carbons (Fsp3) is 0.889. The molecule has 120 valence electrons. The van der Waals surface area contributed by atoms with Crippen molar-refractivity contribution in [1.82, 2.24) is 0 Å². The first-order valence-corrected chi connectivity index (χ1v) is 8.75. The quantitative estimate of drug-likeness (QED) is 0.328. The Morgan fingerprint density at radius 1 is 0.800 bits per heavy atom. The minimum Gasteiger partial charge on any atom is -0.396 e. The van der Waals surface area contributed by atoms with Crippen LogP contribution in [-0.2, 0) is 0 Å². The molecule has 0 heterocycles. The Morgan fingerprint density at radius 2 is 1.45 bits per heavy atom. The van der Waals surface area contributed by atoms with Gasteiger partial charge < -0.3 is 10.2 Å². The number of hydrogen-bond donors (Lipinski definition) is 2. The Kier molecular flexibility index (Phi) is 16.4. The predicted octanol–water partition coefficient (Wildman–Crippen LogP) is 4.99. The van der Waals surface area contributed by atoms with Gasteiger partial charge in [0.05, 0.1) is 6.10 Å². The maximum atomic E-state index is 9.80. The summed E-state index contributed by atoms with van der Waals surface area (Å²) in [6, 6.07) is 0. The maximum Gasteiger partial charge on any atom is 0.0574 e. The third kappa shape index (κ3) is 15.7. The van der Waals surface area contributed by atoms with Crippen LogP contribution in [0, 0.1) is 0 Å². The van der Waals surface area contributed by atoms with Crippen LogP contribution in [-0.4, -0.2) is 22.9 Å². The van der Waals surface area contributed by atoms with Gasteiger partial charge in [0.1, 0.15) is 0 Å². The molecule has 1 unspecified atom stereocenters. The van der Waals surface area contributed by atoms with Crippen molar-refractivity contribution in [3.8, 4) is 0 Å². The average Bonchev–Trinajstić information content (AvgIpc) is 2.45. The fourth-order valence-electron chi connectivity index (χ4n) is 2.38. The third-order valence-corrected chi connectivity index (χ3v) is 3.74. The van der Waals surface area contributed by atoms with Gasteiger partial charge in [0, 0.05) is 6.61 Å². The molecule has 2 nitrogen and oxygen atoms in total. The monoisotopic (exact) mass is 284 g/mol. The molecule has 0 saturated heterocycles. The van der Waals surface area contributed by atoms with Crippen LogP contribution in [0.5, 0.6) is 0 Å². The topological polar surface area (TPSA) is 40.5 Å². The Morgan fingerprint density at radius 3 is 2.15 bits per heavy atom. The largest absolute Gasteiger partial charge is 0.396 e. The molecule has 0 aromatic rings. The van der Waals surface area contributed by atoms with E-state index in [9.17, 15) is 5.11 Å². The summed E-state index contributed by atoms with van der Waals surface area (Å²) in [4.78, 5) is 0. The second kappa shape index (κ2) is 16.7. The Labute approximate surface area is 126 Å². The zero-order valence-electron chi connectivity index (χ0n) is 13.5. The van der Waals surface area contributed by atoms with Crippen molar-refractivity contribution in [1.29, 1.82) is 0 Å². The smallest absolute Gasteiger partial charge is 0.0574 e. The number of allylic oxidation sites excluding steroid dienone is 1. The van der Waals surface area contributed by atoms with Crippen LogP contribution in [0.4, 0.5) is 0 Å². The summed E-state index contributed by atoms with van der Waals surface area (Å²) < 4.78 is 0. The van der Waals surface area contributed by atoms with Gasteiger partial charge in [-0.3, -0.25) is 0 Å². The molecule has 0 spiro atoms. The van der Waals surface area contributed by atoms with E-state index in [1.807, 2.05) is 0 Å². The van der Waals surface area contributed by atoms with Crippen LogP contribution in [0.1, 0.15) is 90.4 Å². The number of hydrogen-bond acceptors (Lipinski definition) is 2. The Balaban J connectivity index is 3.21. The summed E-state index contributed by atoms with van der Waals surface area (Å²) in [5.41, 5.74) is 0. The lowest BCUT2D eigenvalue weighted by molar-refractivity contribution is 0.163. The van der Waals surface area contributed by atoms with Gasteiger partial charge in [-0.1, -0.05) is 70.4 Å². The van der Waals surface area contributed by atoms with Crippen molar-refractivity contribution in [2.75, 3.05) is 6.61 Å². The maximum absolute atomic E-state index is 9.80. The van der Waals surface area contributed by atoms with Crippen LogP contribution in [0.15, 0.2) is 12.2 Å². The summed E-state index contributed by atoms with van der Waals surface area (Å²) in [5.74, 6) is 0. The highest BCUT2D eigenvalue weighted by atomic mass is 16.3. The SMILES string of the molecule is CCCCCCC(O)CC=CCCCCCCCCO. The average molecular weight is 284 g/mol. The minimum atomic E-state index is -0.137. The molecule has 0 saturated carbocycles. The molecule has 1 atom stereocenters. The van der Waals surface area contributed by atoms with E-state index in [1.165, 1.54) is 44.9 Å². The molecule has 0 aromatic carbocycles. The lowest BCUT2D eigenvalue weighted by atomic mass is 10.1. The molecule has 20 heavy (non-hydrogen) atoms. The van der Waals surface area contributed by atoms with Gasteiger partial charge in [-0.05, 0) is 32.1 Å². The van der Waals surface area contributed by atoms with Crippen molar-refractivity contribution < 1.29 is 10.2 Å². The molecule has 0 aromatic heterocycles. The zero-order valence-corrected chi connectivity index (χ0v) is 13.5. The lowest BCUT2D eigenvalue weighted by Crippen LogP contribution is -2.04. The number of unbranched alkanes of at least 4 members (excludes halogenated alkanes) is 9. The second-order valence-corrected chi connectivity index (χ2v) is 5.84. The van der Waals surface area contributed by atoms with E-state index in [0.29, 0.717) is 6.61 Å². The Bertz CT molecular complexity index is 202. The molecule has 0 aliphatic heterocycles. The van der Waals surface area contributed by atoms with Crippen molar-refractivity contribution in [2.24, 2.45) is 0 Å². The van der Waals surface area contributed by atoms with Crippen LogP contribution in [0.2, 0.25) is 0 Å². The fourth-order valence-corrected chi connectivity index (χ4v) is 2.38. The van der Waals surface area contributed by atoms with E-state index < -0.39 is 0 Å². The van der Waals surface area contributed by atoms with E-state index in [2.05, 4.69) is 19.1 Å². The number of rotatable bonds is 15. The van der Waals surface area contributed by atoms with E-state index >= 15 is 0 Å². The van der Waals surface area contributed by atoms with Gasteiger partial charge in [0.25, 0.3) is 0 Å². The van der Waals surface area contributed by atoms with Gasteiger partial charge in [-0.25, -0.2) is 0 Å². The van der Waals surface area contributed by atoms with Gasteiger partial charge >= 0.3 is 0 Å². The van der Waals surface area contributed by atoms with E-state index in [0.717, 1.165) is 38.5 Å². The van der Waals surface area contributed by atoms with Crippen molar-refractivity contribution >= 4 is 0 Å². The first kappa shape index (κ1) is 19.7. The molecular formula is C18H36O2. The first-order valence-electron chi connectivity index (χ1n) is 8.75. The predicted molar refractivity (Wildman–Crippen MR) is 87.9 cm³/mol. The van der Waals surface area contributed by atoms with Crippen LogP contribution in [0.3, 0.4) is 0 Å². The molecule has 0 aliphatic carbocycles. The number of aliphatic hydroxyl groups excluding tert-OH is 2. The summed E-state index contributed by atoms with van der Waals surface area (Å²) in [6.07, 6.45) is 19.3. The van der Waals surface area contributed by atoms with E-state index in [4.69, 9.17) is 5.11 Å². The summed E-state index contributed by atoms with van der Waals surface area (Å²) in [7, 11) is 0. The Hall–Kier alpha value is -0.340. The van der Waals surface area contributed by atoms with E-state index in [1.54, 1.807) is 0 Å². The molecule has 0 bridgehead atoms. The van der Waals surface area contributed by atoms with Crippen molar-refractivity contribution in [2.45, 2.75) is 96.5 Å². The highest BCUT2D eigenvalue weighted by Gasteiger charge is 2.00. The second-order valence-electron chi connectivity index (χ2n) is 5.84. The number of aliphatic hydroxyl groups is 2. The zero-order chi connectivity index (χ0) is 14.9. The van der Waals surface area contributed by atoms with Crippen molar-refractivity contribution in [3.63, 3.8) is 0 Å². The lowest BCUT2D eigenvalue weighted by Gasteiger charge is -2.07. The standard InChI is InChI=1S/C18H36O2/c1-2-3-4-12-15-18(20)16-13-10-8-6-5-7-9-11-14-17-19/h10,13,18-20H,2-9,11-12,14-17H2,1H3. The van der Waals surface area contributed by atoms with E-state index in [-0.39, 0.29) is 6.10 Å². The molecule has 2 N–H and O–H groups in total. The molecule has 0 amide bonds. The highest BCUT2D eigenvalue weighted by molar-refractivity contribution is 4.83. The molecule has 0 radical (unpaired) electrons. The van der Waals surface area contributed by atoms with Gasteiger partial charge in [-0.15, -0.1) is 0 Å². The molecular weight excluding hydrogens is 248 g/mol. The molecule has 2 heteroatoms. The summed E-state index contributed by atoms with van der Waals surface area (Å²) in [5, 5.41) is 18.5. The normalized spacial score (nSPS) is 13.2. The minimum absolute atomic E-state index is 0.137. The summed E-state index contributed by atoms with van der Waals surface area (Å²) >= 11 is 0. The summed E-state index contributed by atoms with van der Waals surface area (Å²) in [6.45, 7) is 2.55. The van der Waals surface area contributed by atoms with Gasteiger partial charge in [0.15, 0.2) is 0 Å².